The molecule has 180 valence electrons. The number of aromatic nitrogens is 3. The van der Waals surface area contributed by atoms with Gasteiger partial charge in [0.05, 0.1) is 24.2 Å². The molecule has 0 unspecified atom stereocenters. The predicted octanol–water partition coefficient (Wildman–Crippen LogP) is 4.27. The number of thioether (sulfide) groups is 1. The molecule has 4 rings (SSSR count). The van der Waals surface area contributed by atoms with Crippen LogP contribution >= 0.6 is 11.8 Å². The number of non-ortho nitro benzene ring substituents is 1. The zero-order valence-electron chi connectivity index (χ0n) is 18.6. The van der Waals surface area contributed by atoms with E-state index in [2.05, 4.69) is 10.2 Å². The van der Waals surface area contributed by atoms with Gasteiger partial charge in [-0.1, -0.05) is 23.9 Å². The van der Waals surface area contributed by atoms with E-state index in [-0.39, 0.29) is 37.5 Å². The maximum absolute atomic E-state index is 14.0. The average Bonchev–Trinajstić information content (AvgIpc) is 3.24. The first kappa shape index (κ1) is 23.9. The highest BCUT2D eigenvalue weighted by Crippen LogP contribution is 2.36. The Kier molecular flexibility index (Phi) is 7.60. The number of nitrogens with zero attached hydrogens (tertiary/aromatic N) is 4. The van der Waals surface area contributed by atoms with E-state index in [1.54, 1.807) is 25.3 Å². The molecule has 1 aliphatic heterocycles. The molecule has 12 heteroatoms. The van der Waals surface area contributed by atoms with Crippen molar-refractivity contribution < 1.29 is 28.3 Å². The lowest BCUT2D eigenvalue weighted by Crippen LogP contribution is -2.17. The molecule has 0 N–H and O–H groups in total. The number of hydrogen-bond acceptors (Lipinski definition) is 9. The normalized spacial score (nSPS) is 13.7. The molecule has 0 saturated heterocycles. The molecule has 2 heterocycles. The molecule has 0 fully saturated rings. The van der Waals surface area contributed by atoms with Crippen molar-refractivity contribution in [3.63, 3.8) is 0 Å². The van der Waals surface area contributed by atoms with Gasteiger partial charge < -0.3 is 18.9 Å². The third-order valence-corrected chi connectivity index (χ3v) is 6.11. The second kappa shape index (κ2) is 10.8. The monoisotopic (exact) mass is 490 g/mol. The van der Waals surface area contributed by atoms with Crippen molar-refractivity contribution in [2.75, 3.05) is 20.5 Å². The molecule has 10 nitrogen and oxygen atoms in total. The van der Waals surface area contributed by atoms with E-state index < -0.39 is 10.7 Å². The zero-order chi connectivity index (χ0) is 24.1. The number of nitro groups is 1. The summed E-state index contributed by atoms with van der Waals surface area (Å²) in [4.78, 5) is 10.9. The first-order valence-electron chi connectivity index (χ1n) is 10.4. The maximum Gasteiger partial charge on any atom is 0.270 e. The van der Waals surface area contributed by atoms with Crippen LogP contribution in [0, 0.1) is 15.9 Å². The van der Waals surface area contributed by atoms with Gasteiger partial charge in [0.1, 0.15) is 12.4 Å². The maximum atomic E-state index is 14.0. The van der Waals surface area contributed by atoms with E-state index in [4.69, 9.17) is 18.9 Å². The largest absolute Gasteiger partial charge is 0.483 e. The van der Waals surface area contributed by atoms with Crippen LogP contribution in [0.25, 0.3) is 0 Å². The molecular formula is C22H23FN4O6S. The molecule has 3 aromatic rings. The lowest BCUT2D eigenvalue weighted by molar-refractivity contribution is -0.385. The van der Waals surface area contributed by atoms with Crippen LogP contribution in [0.3, 0.4) is 0 Å². The number of para-hydroxylation sites is 1. The Morgan fingerprint density at radius 3 is 2.91 bits per heavy atom. The van der Waals surface area contributed by atoms with Crippen molar-refractivity contribution in [1.82, 2.24) is 14.8 Å². The Bertz CT molecular complexity index is 1170. The molecule has 0 saturated carbocycles. The highest BCUT2D eigenvalue weighted by molar-refractivity contribution is 7.98. The Morgan fingerprint density at radius 1 is 1.32 bits per heavy atom. The third-order valence-electron chi connectivity index (χ3n) is 5.12. The predicted molar refractivity (Wildman–Crippen MR) is 120 cm³/mol. The van der Waals surface area contributed by atoms with Crippen LogP contribution in [-0.4, -0.2) is 40.2 Å². The highest BCUT2D eigenvalue weighted by atomic mass is 32.2. The van der Waals surface area contributed by atoms with Crippen molar-refractivity contribution in [3.05, 3.63) is 69.3 Å². The summed E-state index contributed by atoms with van der Waals surface area (Å²) in [5.41, 5.74) is 1.26. The van der Waals surface area contributed by atoms with Crippen LogP contribution in [0.4, 0.5) is 10.1 Å². The molecule has 0 radical (unpaired) electrons. The molecular weight excluding hydrogens is 467 g/mol. The number of methoxy groups -OCH3 is 1. The quantitative estimate of drug-likeness (QED) is 0.234. The van der Waals surface area contributed by atoms with Crippen LogP contribution < -0.4 is 9.47 Å². The second-order valence-corrected chi connectivity index (χ2v) is 8.48. The van der Waals surface area contributed by atoms with Crippen LogP contribution in [0.15, 0.2) is 41.6 Å². The summed E-state index contributed by atoms with van der Waals surface area (Å²) < 4.78 is 37.6. The van der Waals surface area contributed by atoms with Crippen molar-refractivity contribution in [1.29, 1.82) is 0 Å². The minimum atomic E-state index is -0.465. The summed E-state index contributed by atoms with van der Waals surface area (Å²) in [6, 6.07) is 8.96. The van der Waals surface area contributed by atoms with E-state index in [0.29, 0.717) is 40.2 Å². The molecule has 1 aromatic heterocycles. The summed E-state index contributed by atoms with van der Waals surface area (Å²) >= 11 is 1.35. The molecule has 34 heavy (non-hydrogen) atoms. The van der Waals surface area contributed by atoms with Crippen molar-refractivity contribution in [2.45, 2.75) is 37.1 Å². The topological polar surface area (TPSA) is 111 Å². The van der Waals surface area contributed by atoms with Gasteiger partial charge in [0.25, 0.3) is 5.69 Å². The summed E-state index contributed by atoms with van der Waals surface area (Å²) in [5.74, 6) is 1.10. The van der Waals surface area contributed by atoms with Crippen molar-refractivity contribution >= 4 is 17.4 Å². The van der Waals surface area contributed by atoms with Crippen molar-refractivity contribution in [3.8, 4) is 11.5 Å². The van der Waals surface area contributed by atoms with Gasteiger partial charge in [0.2, 0.25) is 0 Å². The number of benzene rings is 2. The molecule has 0 spiro atoms. The molecule has 0 amide bonds. The first-order valence-corrected chi connectivity index (χ1v) is 11.4. The Labute approximate surface area is 199 Å². The van der Waals surface area contributed by atoms with Gasteiger partial charge in [-0.05, 0) is 19.1 Å². The SMILES string of the molecule is COC[C@H](C)n1c(COc2ccccc2F)nnc1SCc1cc([N+](=O)[O-])cc2c1OCOC2. The van der Waals surface area contributed by atoms with Crippen LogP contribution in [-0.2, 0) is 28.4 Å². The number of rotatable bonds is 10. The fourth-order valence-corrected chi connectivity index (χ4v) is 4.62. The summed E-state index contributed by atoms with van der Waals surface area (Å²) in [6.07, 6.45) is 0. The summed E-state index contributed by atoms with van der Waals surface area (Å²) in [6.45, 7) is 2.67. The lowest BCUT2D eigenvalue weighted by Gasteiger charge is -2.21. The van der Waals surface area contributed by atoms with Crippen LogP contribution in [0.2, 0.25) is 0 Å². The second-order valence-electron chi connectivity index (χ2n) is 7.54. The van der Waals surface area contributed by atoms with Gasteiger partial charge in [0.15, 0.2) is 29.3 Å². The van der Waals surface area contributed by atoms with Crippen molar-refractivity contribution in [2.24, 2.45) is 0 Å². The number of fused-ring (bicyclic) bond motifs is 1. The van der Waals surface area contributed by atoms with Gasteiger partial charge in [-0.2, -0.15) is 0 Å². The number of nitro benzene ring substituents is 1. The Hall–Kier alpha value is -3.22. The summed E-state index contributed by atoms with van der Waals surface area (Å²) in [7, 11) is 1.60. The van der Waals surface area contributed by atoms with E-state index in [0.717, 1.165) is 0 Å². The molecule has 1 atom stereocenters. The van der Waals surface area contributed by atoms with E-state index in [9.17, 15) is 14.5 Å². The number of ether oxygens (including phenoxy) is 4. The minimum absolute atomic E-state index is 0.00913. The van der Waals surface area contributed by atoms with Crippen LogP contribution in [0.5, 0.6) is 11.5 Å². The zero-order valence-corrected chi connectivity index (χ0v) is 19.4. The fourth-order valence-electron chi connectivity index (χ4n) is 3.60. The van der Waals surface area contributed by atoms with Gasteiger partial charge in [0, 0.05) is 36.1 Å². The first-order chi connectivity index (χ1) is 16.5. The minimum Gasteiger partial charge on any atom is -0.483 e. The van der Waals surface area contributed by atoms with Crippen LogP contribution in [0.1, 0.15) is 29.9 Å². The molecule has 0 bridgehead atoms. The summed E-state index contributed by atoms with van der Waals surface area (Å²) in [5, 5.41) is 20.5. The molecule has 2 aromatic carbocycles. The highest BCUT2D eigenvalue weighted by Gasteiger charge is 2.23. The number of hydrogen-bond donors (Lipinski definition) is 0. The van der Waals surface area contributed by atoms with Gasteiger partial charge in [-0.25, -0.2) is 4.39 Å². The van der Waals surface area contributed by atoms with Gasteiger partial charge >= 0.3 is 0 Å². The van der Waals surface area contributed by atoms with E-state index in [1.807, 2.05) is 11.5 Å². The smallest absolute Gasteiger partial charge is 0.270 e. The third kappa shape index (κ3) is 5.29. The van der Waals surface area contributed by atoms with Gasteiger partial charge in [-0.15, -0.1) is 10.2 Å². The Balaban J connectivity index is 1.58. The van der Waals surface area contributed by atoms with E-state index in [1.165, 1.54) is 30.0 Å². The van der Waals surface area contributed by atoms with E-state index >= 15 is 0 Å². The Morgan fingerprint density at radius 2 is 2.15 bits per heavy atom. The molecule has 0 aliphatic carbocycles. The molecule has 1 aliphatic rings. The fraction of sp³-hybridized carbons (Fsp3) is 0.364. The van der Waals surface area contributed by atoms with Gasteiger partial charge in [-0.3, -0.25) is 14.7 Å². The standard InChI is InChI=1S/C22H23FN4O6S/c1-14(9-30-2)26-20(11-32-19-6-4-3-5-18(19)23)24-25-22(26)34-12-16-8-17(27(28)29)7-15-10-31-13-33-21(15)16/h3-8,14H,9-13H2,1-2H3/t14-/m0/s1. The lowest BCUT2D eigenvalue weighted by atomic mass is 10.1. The number of halogens is 1. The average molecular weight is 491 g/mol.